The molecule has 0 spiro atoms. The van der Waals surface area contributed by atoms with E-state index in [1.54, 1.807) is 19.9 Å². The molecule has 0 aliphatic carbocycles. The summed E-state index contributed by atoms with van der Waals surface area (Å²) in [6.45, 7) is 3.53. The first-order valence-electron chi connectivity index (χ1n) is 11.3. The van der Waals surface area contributed by atoms with Crippen molar-refractivity contribution in [2.24, 2.45) is 0 Å². The Kier molecular flexibility index (Phi) is 5.93. The molecule has 2 atom stereocenters. The lowest BCUT2D eigenvalue weighted by Crippen LogP contribution is -2.41. The summed E-state index contributed by atoms with van der Waals surface area (Å²) in [5.74, 6) is -0.329. The number of hydrogen-bond acceptors (Lipinski definition) is 9. The fourth-order valence-electron chi connectivity index (χ4n) is 4.16. The van der Waals surface area contributed by atoms with Crippen molar-refractivity contribution in [2.75, 3.05) is 7.11 Å². The first-order chi connectivity index (χ1) is 17.4. The number of carbonyl (C=O) groups is 2. The van der Waals surface area contributed by atoms with Crippen LogP contribution in [0.3, 0.4) is 0 Å². The van der Waals surface area contributed by atoms with E-state index in [-0.39, 0.29) is 24.0 Å². The summed E-state index contributed by atoms with van der Waals surface area (Å²) in [7, 11) is 1.48. The van der Waals surface area contributed by atoms with Gasteiger partial charge in [0.05, 0.1) is 13.2 Å². The normalized spacial score (nSPS) is 18.2. The Morgan fingerprint density at radius 3 is 2.39 bits per heavy atom. The molecule has 3 heterocycles. The molecule has 0 radical (unpaired) electrons. The summed E-state index contributed by atoms with van der Waals surface area (Å²) in [4.78, 5) is 36.8. The summed E-state index contributed by atoms with van der Waals surface area (Å²) < 4.78 is 16.9. The number of hydrogen-bond donors (Lipinski definition) is 0. The van der Waals surface area contributed by atoms with Gasteiger partial charge in [-0.05, 0) is 25.0 Å². The third-order valence-electron chi connectivity index (χ3n) is 5.99. The number of cyclic esters (lactones) is 1. The number of aryl methyl sites for hydroxylation is 1. The third-order valence-corrected chi connectivity index (χ3v) is 5.99. The Hall–Kier alpha value is -4.60. The molecule has 2 amide bonds. The van der Waals surface area contributed by atoms with E-state index in [9.17, 15) is 9.59 Å². The topological polar surface area (TPSA) is 121 Å². The highest BCUT2D eigenvalue weighted by atomic mass is 16.6. The van der Waals surface area contributed by atoms with Crippen LogP contribution >= 0.6 is 0 Å². The second kappa shape index (κ2) is 9.21. The number of nitrogens with zero attached hydrogens (tertiary/aromatic N) is 5. The standard InChI is InChI=1S/C26H23N5O5/c1-16-14-20(34-3)28-21(27-16)22-29-30-23(35-22)26(15-18-10-6-4-7-11-18)24(32)31(25(33)36-26)17(2)19-12-8-5-9-13-19/h4-14,17H,15H2,1-3H3/t17-,26-/m1/s1. The van der Waals surface area contributed by atoms with Gasteiger partial charge in [-0.15, -0.1) is 10.2 Å². The predicted molar refractivity (Wildman–Crippen MR) is 127 cm³/mol. The summed E-state index contributed by atoms with van der Waals surface area (Å²) in [5.41, 5.74) is 0.313. The summed E-state index contributed by atoms with van der Waals surface area (Å²) in [6, 6.07) is 19.5. The third kappa shape index (κ3) is 4.06. The van der Waals surface area contributed by atoms with Crippen molar-refractivity contribution in [3.05, 3.63) is 89.4 Å². The van der Waals surface area contributed by atoms with Gasteiger partial charge in [-0.25, -0.2) is 14.7 Å². The van der Waals surface area contributed by atoms with E-state index in [0.29, 0.717) is 11.6 Å². The molecular weight excluding hydrogens is 462 g/mol. The fourth-order valence-corrected chi connectivity index (χ4v) is 4.16. The van der Waals surface area contributed by atoms with E-state index in [1.165, 1.54) is 7.11 Å². The van der Waals surface area contributed by atoms with Gasteiger partial charge in [-0.1, -0.05) is 60.7 Å². The van der Waals surface area contributed by atoms with E-state index in [4.69, 9.17) is 13.9 Å². The molecule has 1 aliphatic heterocycles. The minimum Gasteiger partial charge on any atom is -0.481 e. The van der Waals surface area contributed by atoms with Crippen LogP contribution in [0.15, 0.2) is 71.1 Å². The quantitative estimate of drug-likeness (QED) is 0.382. The summed E-state index contributed by atoms with van der Waals surface area (Å²) >= 11 is 0. The average molecular weight is 486 g/mol. The van der Waals surface area contributed by atoms with Crippen LogP contribution < -0.4 is 4.74 Å². The molecule has 0 saturated carbocycles. The maximum Gasteiger partial charge on any atom is 0.418 e. The Morgan fingerprint density at radius 1 is 1.00 bits per heavy atom. The summed E-state index contributed by atoms with van der Waals surface area (Å²) in [6.07, 6.45) is -0.781. The van der Waals surface area contributed by atoms with E-state index >= 15 is 0 Å². The Bertz CT molecular complexity index is 1410. The molecule has 182 valence electrons. The van der Waals surface area contributed by atoms with E-state index in [0.717, 1.165) is 16.0 Å². The molecule has 0 unspecified atom stereocenters. The van der Waals surface area contributed by atoms with Gasteiger partial charge in [0.25, 0.3) is 23.3 Å². The minimum atomic E-state index is -1.85. The molecule has 1 aliphatic rings. The number of ether oxygens (including phenoxy) is 2. The maximum atomic E-state index is 14.0. The molecule has 2 aromatic carbocycles. The zero-order valence-electron chi connectivity index (χ0n) is 19.9. The monoisotopic (exact) mass is 485 g/mol. The minimum absolute atomic E-state index is 0.00997. The average Bonchev–Trinajstić information content (AvgIpc) is 3.48. The lowest BCUT2D eigenvalue weighted by Gasteiger charge is -2.23. The number of rotatable bonds is 7. The van der Waals surface area contributed by atoms with Crippen molar-refractivity contribution in [3.63, 3.8) is 0 Å². The summed E-state index contributed by atoms with van der Waals surface area (Å²) in [5, 5.41) is 8.18. The molecule has 10 nitrogen and oxygen atoms in total. The van der Waals surface area contributed by atoms with Gasteiger partial charge in [0, 0.05) is 18.2 Å². The number of amides is 2. The first kappa shape index (κ1) is 23.2. The molecule has 5 rings (SSSR count). The van der Waals surface area contributed by atoms with Crippen molar-refractivity contribution in [1.82, 2.24) is 25.1 Å². The van der Waals surface area contributed by atoms with E-state index < -0.39 is 23.6 Å². The smallest absolute Gasteiger partial charge is 0.418 e. The van der Waals surface area contributed by atoms with Gasteiger partial charge in [0.1, 0.15) is 0 Å². The zero-order valence-corrected chi connectivity index (χ0v) is 19.9. The van der Waals surface area contributed by atoms with Gasteiger partial charge in [0.15, 0.2) is 0 Å². The number of benzene rings is 2. The maximum absolute atomic E-state index is 14.0. The first-order valence-corrected chi connectivity index (χ1v) is 11.3. The zero-order chi connectivity index (χ0) is 25.3. The highest BCUT2D eigenvalue weighted by molar-refractivity contribution is 6.03. The highest BCUT2D eigenvalue weighted by Crippen LogP contribution is 2.41. The SMILES string of the molecule is COc1cc(C)nc(-c2nnc([C@@]3(Cc4ccccc4)OC(=O)N([C@H](C)c4ccccc4)C3=O)o2)n1. The van der Waals surface area contributed by atoms with Gasteiger partial charge in [0.2, 0.25) is 11.7 Å². The lowest BCUT2D eigenvalue weighted by atomic mass is 9.92. The number of aromatic nitrogens is 4. The van der Waals surface area contributed by atoms with Crippen molar-refractivity contribution in [3.8, 4) is 17.6 Å². The molecule has 0 N–H and O–H groups in total. The van der Waals surface area contributed by atoms with Crippen LogP contribution in [0.1, 0.15) is 35.7 Å². The predicted octanol–water partition coefficient (Wildman–Crippen LogP) is 4.02. The molecule has 4 aromatic rings. The molecule has 2 aromatic heterocycles. The van der Waals surface area contributed by atoms with Crippen molar-refractivity contribution >= 4 is 12.0 Å². The van der Waals surface area contributed by atoms with Crippen LogP contribution in [0.4, 0.5) is 4.79 Å². The largest absolute Gasteiger partial charge is 0.481 e. The van der Waals surface area contributed by atoms with Crippen molar-refractivity contribution in [2.45, 2.75) is 31.9 Å². The number of methoxy groups -OCH3 is 1. The molecule has 1 fully saturated rings. The molecule has 1 saturated heterocycles. The van der Waals surface area contributed by atoms with Gasteiger partial charge < -0.3 is 13.9 Å². The Labute approximate surface area is 206 Å². The van der Waals surface area contributed by atoms with Crippen molar-refractivity contribution < 1.29 is 23.5 Å². The second-order valence-electron chi connectivity index (χ2n) is 8.41. The fraction of sp³-hybridized carbons (Fsp3) is 0.231. The second-order valence-corrected chi connectivity index (χ2v) is 8.41. The van der Waals surface area contributed by atoms with Crippen LogP contribution in [0.2, 0.25) is 0 Å². The van der Waals surface area contributed by atoms with E-state index in [2.05, 4.69) is 20.2 Å². The van der Waals surface area contributed by atoms with Crippen LogP contribution in [-0.2, 0) is 21.6 Å². The van der Waals surface area contributed by atoms with E-state index in [1.807, 2.05) is 60.7 Å². The van der Waals surface area contributed by atoms with Gasteiger partial charge >= 0.3 is 6.09 Å². The Balaban J connectivity index is 1.58. The van der Waals surface area contributed by atoms with Crippen LogP contribution in [-0.4, -0.2) is 44.2 Å². The number of carbonyl (C=O) groups excluding carboxylic acids is 2. The number of imide groups is 1. The lowest BCUT2D eigenvalue weighted by molar-refractivity contribution is -0.140. The van der Waals surface area contributed by atoms with Crippen LogP contribution in [0.25, 0.3) is 11.7 Å². The molecule has 0 bridgehead atoms. The molecule has 10 heteroatoms. The van der Waals surface area contributed by atoms with Crippen LogP contribution in [0.5, 0.6) is 5.88 Å². The highest BCUT2D eigenvalue weighted by Gasteiger charge is 2.60. The Morgan fingerprint density at radius 2 is 1.69 bits per heavy atom. The molecular formula is C26H23N5O5. The van der Waals surface area contributed by atoms with Crippen LogP contribution in [0, 0.1) is 6.92 Å². The van der Waals surface area contributed by atoms with Crippen molar-refractivity contribution in [1.29, 1.82) is 0 Å². The van der Waals surface area contributed by atoms with Gasteiger partial charge in [-0.2, -0.15) is 4.98 Å². The molecule has 36 heavy (non-hydrogen) atoms. The van der Waals surface area contributed by atoms with Gasteiger partial charge in [-0.3, -0.25) is 4.79 Å².